The number of para-hydroxylation sites is 2. The van der Waals surface area contributed by atoms with Gasteiger partial charge >= 0.3 is 0 Å². The van der Waals surface area contributed by atoms with Crippen molar-refractivity contribution >= 4 is 63.1 Å². The molecule has 0 spiro atoms. The number of rotatable bonds is 4. The molecule has 0 aliphatic carbocycles. The number of fused-ring (bicyclic) bond motifs is 1. The predicted molar refractivity (Wildman–Crippen MR) is 128 cm³/mol. The summed E-state index contributed by atoms with van der Waals surface area (Å²) in [5, 5.41) is 0.877. The zero-order valence-electron chi connectivity index (χ0n) is 17.2. The van der Waals surface area contributed by atoms with E-state index in [1.54, 1.807) is 30.3 Å². The van der Waals surface area contributed by atoms with E-state index in [1.165, 1.54) is 0 Å². The molecule has 162 valence electrons. The number of halogens is 1. The van der Waals surface area contributed by atoms with Crippen LogP contribution in [0, 0.1) is 0 Å². The molecule has 6 nitrogen and oxygen atoms in total. The van der Waals surface area contributed by atoms with Gasteiger partial charge in [-0.25, -0.2) is 4.90 Å². The number of amides is 3. The standard InChI is InChI=1S/C24H20ClN3O3S/c25-18-8-2-4-10-20(18)28-23(30)21(32-24(28)31)13-16-14-27(19-9-3-1-7-17(16)19)15-22(29)26-11-5-6-12-26/h1-4,7-10,13-14H,5-6,11-12,15H2/b21-13-. The van der Waals surface area contributed by atoms with Gasteiger partial charge in [-0.05, 0) is 48.9 Å². The number of nitrogens with zero attached hydrogens (tertiary/aromatic N) is 3. The third kappa shape index (κ3) is 3.72. The summed E-state index contributed by atoms with van der Waals surface area (Å²) in [6.07, 6.45) is 5.69. The first-order valence-electron chi connectivity index (χ1n) is 10.4. The maximum Gasteiger partial charge on any atom is 0.298 e. The molecule has 2 aliphatic heterocycles. The van der Waals surface area contributed by atoms with Crippen LogP contribution in [0.1, 0.15) is 18.4 Å². The predicted octanol–water partition coefficient (Wildman–Crippen LogP) is 5.16. The summed E-state index contributed by atoms with van der Waals surface area (Å²) in [5.41, 5.74) is 2.08. The van der Waals surface area contributed by atoms with Crippen molar-refractivity contribution in [2.45, 2.75) is 19.4 Å². The Hall–Kier alpha value is -3.03. The third-order valence-electron chi connectivity index (χ3n) is 5.76. The highest BCUT2D eigenvalue weighted by Crippen LogP contribution is 2.39. The molecule has 32 heavy (non-hydrogen) atoms. The van der Waals surface area contributed by atoms with E-state index < -0.39 is 5.91 Å². The highest BCUT2D eigenvalue weighted by molar-refractivity contribution is 8.19. The van der Waals surface area contributed by atoms with E-state index >= 15 is 0 Å². The minimum Gasteiger partial charge on any atom is -0.341 e. The first-order chi connectivity index (χ1) is 15.5. The number of likely N-dealkylation sites (tertiary alicyclic amines) is 1. The number of carbonyl (C=O) groups excluding carboxylic acids is 3. The van der Waals surface area contributed by atoms with Gasteiger partial charge in [0.25, 0.3) is 11.1 Å². The molecule has 2 aliphatic rings. The molecule has 3 amide bonds. The Labute approximate surface area is 194 Å². The van der Waals surface area contributed by atoms with Crippen molar-refractivity contribution in [1.29, 1.82) is 0 Å². The summed E-state index contributed by atoms with van der Waals surface area (Å²) in [6, 6.07) is 14.5. The zero-order valence-corrected chi connectivity index (χ0v) is 18.7. The number of thioether (sulfide) groups is 1. The van der Waals surface area contributed by atoms with Gasteiger partial charge in [-0.15, -0.1) is 0 Å². The molecule has 0 unspecified atom stereocenters. The number of hydrogen-bond acceptors (Lipinski definition) is 4. The molecule has 0 bridgehead atoms. The summed E-state index contributed by atoms with van der Waals surface area (Å²) in [4.78, 5) is 41.7. The highest BCUT2D eigenvalue weighted by Gasteiger charge is 2.37. The lowest BCUT2D eigenvalue weighted by Crippen LogP contribution is -2.30. The lowest BCUT2D eigenvalue weighted by atomic mass is 10.1. The van der Waals surface area contributed by atoms with Gasteiger partial charge < -0.3 is 9.47 Å². The van der Waals surface area contributed by atoms with Crippen molar-refractivity contribution in [3.05, 3.63) is 70.2 Å². The van der Waals surface area contributed by atoms with Gasteiger partial charge in [0.2, 0.25) is 5.91 Å². The second-order valence-corrected chi connectivity index (χ2v) is 9.19. The number of hydrogen-bond donors (Lipinski definition) is 0. The van der Waals surface area contributed by atoms with Crippen molar-refractivity contribution in [1.82, 2.24) is 9.47 Å². The normalized spacial score (nSPS) is 17.8. The molecule has 0 radical (unpaired) electrons. The molecule has 8 heteroatoms. The van der Waals surface area contributed by atoms with Crippen molar-refractivity contribution < 1.29 is 14.4 Å². The van der Waals surface area contributed by atoms with Crippen LogP contribution in [0.15, 0.2) is 59.6 Å². The van der Waals surface area contributed by atoms with Gasteiger partial charge in [-0.3, -0.25) is 14.4 Å². The van der Waals surface area contributed by atoms with Crippen LogP contribution in [0.3, 0.4) is 0 Å². The molecule has 0 atom stereocenters. The molecule has 3 heterocycles. The number of carbonyl (C=O) groups is 3. The van der Waals surface area contributed by atoms with Crippen LogP contribution >= 0.6 is 23.4 Å². The summed E-state index contributed by atoms with van der Waals surface area (Å²) >= 11 is 7.10. The van der Waals surface area contributed by atoms with Crippen LogP contribution in [-0.4, -0.2) is 39.6 Å². The Bertz CT molecular complexity index is 1280. The maximum atomic E-state index is 13.1. The smallest absolute Gasteiger partial charge is 0.298 e. The van der Waals surface area contributed by atoms with E-state index in [4.69, 9.17) is 11.6 Å². The van der Waals surface area contributed by atoms with Crippen LogP contribution in [0.5, 0.6) is 0 Å². The van der Waals surface area contributed by atoms with Crippen LogP contribution < -0.4 is 4.90 Å². The Kier molecular flexibility index (Phi) is 5.53. The van der Waals surface area contributed by atoms with Gasteiger partial charge in [0, 0.05) is 35.8 Å². The third-order valence-corrected chi connectivity index (χ3v) is 6.95. The number of aromatic nitrogens is 1. The minimum absolute atomic E-state index is 0.0915. The summed E-state index contributed by atoms with van der Waals surface area (Å²) < 4.78 is 1.92. The Morgan fingerprint density at radius 1 is 1.03 bits per heavy atom. The fourth-order valence-corrected chi connectivity index (χ4v) is 5.23. The largest absolute Gasteiger partial charge is 0.341 e. The number of imide groups is 1. The van der Waals surface area contributed by atoms with Crippen molar-refractivity contribution in [2.24, 2.45) is 0 Å². The van der Waals surface area contributed by atoms with Gasteiger partial charge in [0.1, 0.15) is 6.54 Å². The van der Waals surface area contributed by atoms with Crippen LogP contribution in [-0.2, 0) is 16.1 Å². The average Bonchev–Trinajstić information content (AvgIpc) is 3.50. The lowest BCUT2D eigenvalue weighted by Gasteiger charge is -2.15. The van der Waals surface area contributed by atoms with E-state index in [9.17, 15) is 14.4 Å². The fraction of sp³-hybridized carbons (Fsp3) is 0.208. The highest BCUT2D eigenvalue weighted by atomic mass is 35.5. The molecule has 2 fully saturated rings. The molecule has 0 N–H and O–H groups in total. The van der Waals surface area contributed by atoms with Gasteiger partial charge in [-0.2, -0.15) is 0 Å². The fourth-order valence-electron chi connectivity index (χ4n) is 4.18. The monoisotopic (exact) mass is 465 g/mol. The molecular weight excluding hydrogens is 446 g/mol. The first-order valence-corrected chi connectivity index (χ1v) is 11.6. The zero-order chi connectivity index (χ0) is 22.2. The van der Waals surface area contributed by atoms with Crippen molar-refractivity contribution in [3.8, 4) is 0 Å². The molecule has 3 aromatic rings. The van der Waals surface area contributed by atoms with Gasteiger partial charge in [0.15, 0.2) is 0 Å². The van der Waals surface area contributed by atoms with Crippen molar-refractivity contribution in [3.63, 3.8) is 0 Å². The lowest BCUT2D eigenvalue weighted by molar-refractivity contribution is -0.130. The first kappa shape index (κ1) is 20.8. The quantitative estimate of drug-likeness (QED) is 0.499. The van der Waals surface area contributed by atoms with Gasteiger partial charge in [0.05, 0.1) is 15.6 Å². The molecule has 0 saturated carbocycles. The van der Waals surface area contributed by atoms with E-state index in [2.05, 4.69) is 0 Å². The van der Waals surface area contributed by atoms with E-state index in [0.29, 0.717) is 15.6 Å². The van der Waals surface area contributed by atoms with Gasteiger partial charge in [-0.1, -0.05) is 41.9 Å². The Morgan fingerprint density at radius 3 is 2.53 bits per heavy atom. The Balaban J connectivity index is 1.49. The molecule has 1 aromatic heterocycles. The Morgan fingerprint density at radius 2 is 1.75 bits per heavy atom. The molecule has 2 saturated heterocycles. The number of anilines is 1. The maximum absolute atomic E-state index is 13.1. The minimum atomic E-state index is -0.405. The van der Waals surface area contributed by atoms with Crippen LogP contribution in [0.25, 0.3) is 17.0 Å². The average molecular weight is 466 g/mol. The van der Waals surface area contributed by atoms with E-state index in [-0.39, 0.29) is 17.7 Å². The molecular formula is C24H20ClN3O3S. The molecule has 2 aromatic carbocycles. The van der Waals surface area contributed by atoms with E-state index in [0.717, 1.165) is 59.1 Å². The van der Waals surface area contributed by atoms with Crippen LogP contribution in [0.2, 0.25) is 5.02 Å². The summed E-state index contributed by atoms with van der Waals surface area (Å²) in [5.74, 6) is -0.313. The summed E-state index contributed by atoms with van der Waals surface area (Å²) in [7, 11) is 0. The van der Waals surface area contributed by atoms with Crippen LogP contribution in [0.4, 0.5) is 10.5 Å². The SMILES string of the molecule is O=C(Cn1cc(/C=C2\SC(=O)N(c3ccccc3Cl)C2=O)c2ccccc21)N1CCCC1. The van der Waals surface area contributed by atoms with Crippen molar-refractivity contribution in [2.75, 3.05) is 18.0 Å². The topological polar surface area (TPSA) is 62.6 Å². The molecule has 5 rings (SSSR count). The van der Waals surface area contributed by atoms with E-state index in [1.807, 2.05) is 39.9 Å². The summed E-state index contributed by atoms with van der Waals surface area (Å²) in [6.45, 7) is 1.86. The second-order valence-electron chi connectivity index (χ2n) is 7.79. The number of benzene rings is 2. The second kappa shape index (κ2) is 8.48.